The van der Waals surface area contributed by atoms with Gasteiger partial charge < -0.3 is 10.0 Å². The average molecular weight is 393 g/mol. The topological polar surface area (TPSA) is 75.4 Å². The van der Waals surface area contributed by atoms with Gasteiger partial charge in [-0.15, -0.1) is 0 Å². The van der Waals surface area contributed by atoms with Crippen LogP contribution in [-0.2, 0) is 16.1 Å². The van der Waals surface area contributed by atoms with Crippen molar-refractivity contribution in [2.45, 2.75) is 51.9 Å². The van der Waals surface area contributed by atoms with Crippen molar-refractivity contribution in [3.63, 3.8) is 0 Å². The number of carbonyl (C=O) groups is 2. The van der Waals surface area contributed by atoms with Crippen molar-refractivity contribution >= 4 is 23.6 Å². The number of carboxylic acids is 1. The van der Waals surface area contributed by atoms with E-state index >= 15 is 0 Å². The molecule has 2 atom stereocenters. The fourth-order valence-corrected chi connectivity index (χ4v) is 4.41. The van der Waals surface area contributed by atoms with Gasteiger partial charge in [0.25, 0.3) is 0 Å². The minimum atomic E-state index is -4.40. The lowest BCUT2D eigenvalue weighted by Gasteiger charge is -2.36. The summed E-state index contributed by atoms with van der Waals surface area (Å²) >= 11 is 1.59. The molecule has 2 heterocycles. The quantitative estimate of drug-likeness (QED) is 0.832. The molecule has 2 unspecified atom stereocenters. The van der Waals surface area contributed by atoms with Crippen molar-refractivity contribution in [1.82, 2.24) is 14.7 Å². The molecule has 0 spiro atoms. The SMILES string of the molecule is Cc1nn(CC(F)(F)F)c(C)c1C(C)C(=O)N1CCSCC1CC(=O)O. The Morgan fingerprint density at radius 3 is 2.62 bits per heavy atom. The van der Waals surface area contributed by atoms with Crippen molar-refractivity contribution in [2.24, 2.45) is 0 Å². The first-order valence-electron chi connectivity index (χ1n) is 8.22. The number of rotatable bonds is 5. The van der Waals surface area contributed by atoms with Gasteiger partial charge in [-0.2, -0.15) is 30.0 Å². The molecule has 1 amide bonds. The van der Waals surface area contributed by atoms with Gasteiger partial charge in [0, 0.05) is 29.3 Å². The van der Waals surface area contributed by atoms with E-state index in [9.17, 15) is 22.8 Å². The van der Waals surface area contributed by atoms with Gasteiger partial charge in [0.15, 0.2) is 0 Å². The summed E-state index contributed by atoms with van der Waals surface area (Å²) in [6.07, 6.45) is -4.54. The van der Waals surface area contributed by atoms with Gasteiger partial charge in [-0.1, -0.05) is 0 Å². The molecule has 146 valence electrons. The predicted octanol–water partition coefficient (Wildman–Crippen LogP) is 2.58. The highest BCUT2D eigenvalue weighted by atomic mass is 32.2. The Hall–Kier alpha value is -1.71. The standard InChI is InChI=1S/C16H22F3N3O3S/c1-9(14-10(2)20-22(11(14)3)8-16(17,18)19)15(25)21-4-5-26-7-12(21)6-13(23)24/h9,12H,4-8H2,1-3H3,(H,23,24). The van der Waals surface area contributed by atoms with Crippen LogP contribution in [0.3, 0.4) is 0 Å². The van der Waals surface area contributed by atoms with Crippen LogP contribution in [0.1, 0.15) is 36.2 Å². The smallest absolute Gasteiger partial charge is 0.408 e. The van der Waals surface area contributed by atoms with Gasteiger partial charge in [0.05, 0.1) is 24.1 Å². The van der Waals surface area contributed by atoms with E-state index in [2.05, 4.69) is 5.10 Å². The Labute approximate surface area is 153 Å². The van der Waals surface area contributed by atoms with E-state index in [0.29, 0.717) is 35.0 Å². The Morgan fingerprint density at radius 2 is 2.04 bits per heavy atom. The van der Waals surface area contributed by atoms with Crippen LogP contribution in [-0.4, -0.2) is 61.9 Å². The molecule has 1 aromatic heterocycles. The Balaban J connectivity index is 2.25. The normalized spacial score (nSPS) is 19.5. The maximum atomic E-state index is 13.0. The summed E-state index contributed by atoms with van der Waals surface area (Å²) in [6, 6.07) is -0.410. The van der Waals surface area contributed by atoms with Gasteiger partial charge in [0.1, 0.15) is 6.54 Å². The maximum absolute atomic E-state index is 13.0. The van der Waals surface area contributed by atoms with Crippen LogP contribution < -0.4 is 0 Å². The first-order valence-corrected chi connectivity index (χ1v) is 9.37. The third-order valence-corrected chi connectivity index (χ3v) is 5.58. The van der Waals surface area contributed by atoms with E-state index in [4.69, 9.17) is 5.11 Å². The van der Waals surface area contributed by atoms with E-state index in [1.54, 1.807) is 30.5 Å². The zero-order valence-corrected chi connectivity index (χ0v) is 15.7. The molecule has 0 aliphatic carbocycles. The van der Waals surface area contributed by atoms with Gasteiger partial charge in [-0.3, -0.25) is 14.3 Å². The highest BCUT2D eigenvalue weighted by Crippen LogP contribution is 2.30. The lowest BCUT2D eigenvalue weighted by molar-refractivity contribution is -0.143. The van der Waals surface area contributed by atoms with Crippen molar-refractivity contribution < 1.29 is 27.9 Å². The molecule has 1 fully saturated rings. The number of aromatic nitrogens is 2. The van der Waals surface area contributed by atoms with Crippen LogP contribution >= 0.6 is 11.8 Å². The second-order valence-corrected chi connectivity index (χ2v) is 7.59. The van der Waals surface area contributed by atoms with Crippen molar-refractivity contribution in [3.05, 3.63) is 17.0 Å². The van der Waals surface area contributed by atoms with Gasteiger partial charge in [-0.05, 0) is 20.8 Å². The number of carboxylic acid groups (broad SMARTS) is 1. The molecular weight excluding hydrogens is 371 g/mol. The van der Waals surface area contributed by atoms with E-state index in [0.717, 1.165) is 4.68 Å². The van der Waals surface area contributed by atoms with Crippen LogP contribution in [0.5, 0.6) is 0 Å². The highest BCUT2D eigenvalue weighted by Gasteiger charge is 2.35. The molecule has 6 nitrogen and oxygen atoms in total. The average Bonchev–Trinajstić information content (AvgIpc) is 2.78. The van der Waals surface area contributed by atoms with Crippen molar-refractivity contribution in [2.75, 3.05) is 18.1 Å². The first-order chi connectivity index (χ1) is 12.0. The Morgan fingerprint density at radius 1 is 1.38 bits per heavy atom. The molecule has 1 saturated heterocycles. The molecule has 26 heavy (non-hydrogen) atoms. The molecule has 10 heteroatoms. The number of thioether (sulfide) groups is 1. The molecule has 2 rings (SSSR count). The van der Waals surface area contributed by atoms with E-state index in [1.807, 2.05) is 0 Å². The van der Waals surface area contributed by atoms with Gasteiger partial charge in [0.2, 0.25) is 5.91 Å². The molecular formula is C16H22F3N3O3S. The minimum absolute atomic E-state index is 0.142. The van der Waals surface area contributed by atoms with Gasteiger partial charge >= 0.3 is 12.1 Å². The van der Waals surface area contributed by atoms with Crippen LogP contribution in [0.2, 0.25) is 0 Å². The molecule has 0 aromatic carbocycles. The number of carbonyl (C=O) groups excluding carboxylic acids is 1. The molecule has 1 N–H and O–H groups in total. The number of alkyl halides is 3. The van der Waals surface area contributed by atoms with Crippen molar-refractivity contribution in [1.29, 1.82) is 0 Å². The lowest BCUT2D eigenvalue weighted by Crippen LogP contribution is -2.48. The van der Waals surface area contributed by atoms with Crippen molar-refractivity contribution in [3.8, 4) is 0 Å². The van der Waals surface area contributed by atoms with Crippen LogP contribution in [0, 0.1) is 13.8 Å². The summed E-state index contributed by atoms with van der Waals surface area (Å²) in [5.41, 5.74) is 1.17. The fourth-order valence-electron chi connectivity index (χ4n) is 3.35. The van der Waals surface area contributed by atoms with Crippen LogP contribution in [0.25, 0.3) is 0 Å². The van der Waals surface area contributed by atoms with E-state index in [1.165, 1.54) is 6.92 Å². The summed E-state index contributed by atoms with van der Waals surface area (Å²) in [5.74, 6) is -0.686. The zero-order valence-electron chi connectivity index (χ0n) is 14.8. The summed E-state index contributed by atoms with van der Waals surface area (Å²) in [6.45, 7) is 3.96. The maximum Gasteiger partial charge on any atom is 0.408 e. The molecule has 0 radical (unpaired) electrons. The Kier molecular flexibility index (Phi) is 6.25. The van der Waals surface area contributed by atoms with Crippen LogP contribution in [0.15, 0.2) is 0 Å². The first kappa shape index (κ1) is 20.6. The number of aryl methyl sites for hydroxylation is 1. The highest BCUT2D eigenvalue weighted by molar-refractivity contribution is 7.99. The fraction of sp³-hybridized carbons (Fsp3) is 0.688. The monoisotopic (exact) mass is 393 g/mol. The number of hydrogen-bond acceptors (Lipinski definition) is 4. The second kappa shape index (κ2) is 7.89. The third kappa shape index (κ3) is 4.72. The van der Waals surface area contributed by atoms with E-state index < -0.39 is 30.7 Å². The summed E-state index contributed by atoms with van der Waals surface area (Å²) in [4.78, 5) is 25.6. The number of halogens is 3. The lowest BCUT2D eigenvalue weighted by atomic mass is 9.96. The number of nitrogens with zero attached hydrogens (tertiary/aromatic N) is 3. The molecule has 1 aliphatic heterocycles. The summed E-state index contributed by atoms with van der Waals surface area (Å²) in [5, 5.41) is 13.0. The summed E-state index contributed by atoms with van der Waals surface area (Å²) < 4.78 is 38.9. The van der Waals surface area contributed by atoms with Crippen LogP contribution in [0.4, 0.5) is 13.2 Å². The number of amides is 1. The predicted molar refractivity (Wildman–Crippen MR) is 91.2 cm³/mol. The second-order valence-electron chi connectivity index (χ2n) is 6.44. The zero-order chi connectivity index (χ0) is 19.6. The summed E-state index contributed by atoms with van der Waals surface area (Å²) in [7, 11) is 0. The third-order valence-electron chi connectivity index (χ3n) is 4.49. The molecule has 1 aromatic rings. The Bertz CT molecular complexity index is 690. The minimum Gasteiger partial charge on any atom is -0.481 e. The number of aliphatic carboxylic acids is 1. The largest absolute Gasteiger partial charge is 0.481 e. The van der Waals surface area contributed by atoms with E-state index in [-0.39, 0.29) is 12.3 Å². The molecule has 0 saturated carbocycles. The number of hydrogen-bond donors (Lipinski definition) is 1. The molecule has 0 bridgehead atoms. The van der Waals surface area contributed by atoms with Gasteiger partial charge in [-0.25, -0.2) is 0 Å². The molecule has 1 aliphatic rings.